The van der Waals surface area contributed by atoms with Gasteiger partial charge in [-0.05, 0) is 53.4 Å². The number of amides is 1. The van der Waals surface area contributed by atoms with Gasteiger partial charge in [-0.15, -0.1) is 11.3 Å². The molecule has 5 aromatic rings. The van der Waals surface area contributed by atoms with Crippen LogP contribution in [0.15, 0.2) is 88.7 Å². The minimum atomic E-state index is -0.946. The Bertz CT molecular complexity index is 1550. The lowest BCUT2D eigenvalue weighted by atomic mass is 10.0. The van der Waals surface area contributed by atoms with Gasteiger partial charge in [-0.3, -0.25) is 9.59 Å². The summed E-state index contributed by atoms with van der Waals surface area (Å²) in [5, 5.41) is 15.3. The third-order valence-corrected chi connectivity index (χ3v) is 7.32. The number of carbonyl (C=O) groups excluding carboxylic acids is 1. The molecular weight excluding hydrogens is 510 g/mol. The van der Waals surface area contributed by atoms with Gasteiger partial charge in [0.25, 0.3) is 5.91 Å². The number of benzene rings is 3. The summed E-state index contributed by atoms with van der Waals surface area (Å²) in [5.41, 5.74) is 5.38. The average molecular weight is 540 g/mol. The number of fused-ring (bicyclic) bond motifs is 1. The van der Waals surface area contributed by atoms with Crippen LogP contribution in [0.3, 0.4) is 0 Å². The summed E-state index contributed by atoms with van der Waals surface area (Å²) in [5.74, 6) is -0.0783. The Morgan fingerprint density at radius 1 is 1.03 bits per heavy atom. The van der Waals surface area contributed by atoms with Crippen molar-refractivity contribution < 1.29 is 19.1 Å². The topological polar surface area (TPSA) is 95.7 Å². The van der Waals surface area contributed by atoms with Gasteiger partial charge in [-0.25, -0.2) is 4.98 Å². The van der Waals surface area contributed by atoms with Gasteiger partial charge < -0.3 is 19.7 Å². The van der Waals surface area contributed by atoms with Gasteiger partial charge in [0.2, 0.25) is 0 Å². The first kappa shape index (κ1) is 26.2. The standard InChI is InChI=1S/C31H29N3O4S/c1-20(2)22-11-13-25(14-12-22)34(18-21-7-9-23(10-8-21)30(37)32-16-15-29(35)36)31-33-26(19-39-31)28-17-24-5-3-4-6-27(24)38-28/h3-14,17,19-20H,15-16,18H2,1-2H3,(H,32,37)(H,35,36). The number of hydrogen-bond donors (Lipinski definition) is 2. The van der Waals surface area contributed by atoms with E-state index in [-0.39, 0.29) is 18.9 Å². The first-order valence-corrected chi connectivity index (χ1v) is 13.7. The predicted octanol–water partition coefficient (Wildman–Crippen LogP) is 7.22. The Morgan fingerprint density at radius 3 is 2.46 bits per heavy atom. The monoisotopic (exact) mass is 539 g/mol. The van der Waals surface area contributed by atoms with E-state index < -0.39 is 5.97 Å². The van der Waals surface area contributed by atoms with Gasteiger partial charge in [0.15, 0.2) is 10.9 Å². The molecule has 0 atom stereocenters. The van der Waals surface area contributed by atoms with Crippen molar-refractivity contribution in [1.29, 1.82) is 0 Å². The Balaban J connectivity index is 1.40. The number of anilines is 2. The number of furan rings is 1. The van der Waals surface area contributed by atoms with Crippen molar-refractivity contribution in [3.05, 3.63) is 101 Å². The molecular formula is C31H29N3O4S. The second kappa shape index (κ2) is 11.5. The van der Waals surface area contributed by atoms with E-state index in [4.69, 9.17) is 14.5 Å². The number of carboxylic acids is 1. The summed E-state index contributed by atoms with van der Waals surface area (Å²) in [6.07, 6.45) is -0.113. The molecule has 7 nitrogen and oxygen atoms in total. The summed E-state index contributed by atoms with van der Waals surface area (Å²) in [7, 11) is 0. The normalized spacial score (nSPS) is 11.2. The van der Waals surface area contributed by atoms with Gasteiger partial charge >= 0.3 is 5.97 Å². The lowest BCUT2D eigenvalue weighted by molar-refractivity contribution is -0.136. The fourth-order valence-corrected chi connectivity index (χ4v) is 5.08. The van der Waals surface area contributed by atoms with E-state index in [0.717, 1.165) is 38.8 Å². The van der Waals surface area contributed by atoms with Crippen molar-refractivity contribution in [1.82, 2.24) is 10.3 Å². The molecule has 0 spiro atoms. The van der Waals surface area contributed by atoms with Gasteiger partial charge in [-0.2, -0.15) is 0 Å². The molecule has 0 fully saturated rings. The third-order valence-electron chi connectivity index (χ3n) is 6.45. The van der Waals surface area contributed by atoms with Crippen LogP contribution in [0.25, 0.3) is 22.4 Å². The van der Waals surface area contributed by atoms with Crippen molar-refractivity contribution in [2.24, 2.45) is 0 Å². The third kappa shape index (κ3) is 6.18. The van der Waals surface area contributed by atoms with E-state index in [1.807, 2.05) is 47.8 Å². The smallest absolute Gasteiger partial charge is 0.305 e. The molecule has 0 saturated heterocycles. The van der Waals surface area contributed by atoms with Gasteiger partial charge in [0.1, 0.15) is 11.3 Å². The fourth-order valence-electron chi connectivity index (χ4n) is 4.25. The molecule has 0 aliphatic carbocycles. The lowest BCUT2D eigenvalue weighted by Crippen LogP contribution is -2.26. The molecule has 39 heavy (non-hydrogen) atoms. The van der Waals surface area contributed by atoms with Gasteiger partial charge in [-0.1, -0.05) is 56.3 Å². The first-order chi connectivity index (χ1) is 18.9. The Labute approximate surface area is 230 Å². The zero-order chi connectivity index (χ0) is 27.4. The molecule has 0 unspecified atom stereocenters. The molecule has 8 heteroatoms. The Morgan fingerprint density at radius 2 is 1.77 bits per heavy atom. The Hall–Kier alpha value is -4.43. The highest BCUT2D eigenvalue weighted by Crippen LogP contribution is 2.36. The Kier molecular flexibility index (Phi) is 7.74. The van der Waals surface area contributed by atoms with E-state index >= 15 is 0 Å². The number of rotatable bonds is 10. The molecule has 0 radical (unpaired) electrons. The van der Waals surface area contributed by atoms with E-state index in [1.54, 1.807) is 23.5 Å². The average Bonchev–Trinajstić information content (AvgIpc) is 3.59. The van der Waals surface area contributed by atoms with Crippen LogP contribution in [-0.2, 0) is 11.3 Å². The van der Waals surface area contributed by atoms with Crippen molar-refractivity contribution >= 4 is 45.0 Å². The zero-order valence-electron chi connectivity index (χ0n) is 21.8. The van der Waals surface area contributed by atoms with Crippen molar-refractivity contribution in [2.75, 3.05) is 11.4 Å². The number of carboxylic acid groups (broad SMARTS) is 1. The lowest BCUT2D eigenvalue weighted by Gasteiger charge is -2.23. The van der Waals surface area contributed by atoms with Crippen LogP contribution in [-0.4, -0.2) is 28.5 Å². The highest BCUT2D eigenvalue weighted by atomic mass is 32.1. The van der Waals surface area contributed by atoms with Crippen LogP contribution in [0.2, 0.25) is 0 Å². The largest absolute Gasteiger partial charge is 0.481 e. The number of para-hydroxylation sites is 1. The van der Waals surface area contributed by atoms with Crippen LogP contribution in [0, 0.1) is 0 Å². The summed E-state index contributed by atoms with van der Waals surface area (Å²) >= 11 is 1.55. The SMILES string of the molecule is CC(C)c1ccc(N(Cc2ccc(C(=O)NCCC(=O)O)cc2)c2nc(-c3cc4ccccc4o3)cs2)cc1. The summed E-state index contributed by atoms with van der Waals surface area (Å²) < 4.78 is 6.05. The second-order valence-electron chi connectivity index (χ2n) is 9.59. The van der Waals surface area contributed by atoms with Crippen LogP contribution in [0.1, 0.15) is 47.7 Å². The summed E-state index contributed by atoms with van der Waals surface area (Å²) in [4.78, 5) is 30.2. The molecule has 0 saturated carbocycles. The van der Waals surface area contributed by atoms with Crippen LogP contribution < -0.4 is 10.2 Å². The predicted molar refractivity (Wildman–Crippen MR) is 155 cm³/mol. The number of thiazole rings is 1. The maximum Gasteiger partial charge on any atom is 0.305 e. The number of aliphatic carboxylic acids is 1. The van der Waals surface area contributed by atoms with E-state index in [2.05, 4.69) is 48.3 Å². The molecule has 3 aromatic carbocycles. The second-order valence-corrected chi connectivity index (χ2v) is 10.4. The zero-order valence-corrected chi connectivity index (χ0v) is 22.6. The molecule has 1 amide bonds. The maximum atomic E-state index is 12.4. The molecule has 5 rings (SSSR count). The van der Waals surface area contributed by atoms with Crippen LogP contribution in [0.5, 0.6) is 0 Å². The molecule has 0 bridgehead atoms. The van der Waals surface area contributed by atoms with Gasteiger partial charge in [0.05, 0.1) is 13.0 Å². The highest BCUT2D eigenvalue weighted by Gasteiger charge is 2.18. The van der Waals surface area contributed by atoms with Crippen molar-refractivity contribution in [2.45, 2.75) is 32.7 Å². The molecule has 198 valence electrons. The summed E-state index contributed by atoms with van der Waals surface area (Å²) in [6.45, 7) is 4.99. The quantitative estimate of drug-likeness (QED) is 0.194. The molecule has 2 N–H and O–H groups in total. The number of hydrogen-bond acceptors (Lipinski definition) is 6. The number of aromatic nitrogens is 1. The minimum Gasteiger partial charge on any atom is -0.481 e. The van der Waals surface area contributed by atoms with E-state index in [9.17, 15) is 9.59 Å². The highest BCUT2D eigenvalue weighted by molar-refractivity contribution is 7.14. The van der Waals surface area contributed by atoms with Gasteiger partial charge in [0, 0.05) is 28.6 Å². The minimum absolute atomic E-state index is 0.0910. The molecule has 2 aromatic heterocycles. The van der Waals surface area contributed by atoms with Crippen LogP contribution in [0.4, 0.5) is 10.8 Å². The fraction of sp³-hybridized carbons (Fsp3) is 0.194. The maximum absolute atomic E-state index is 12.4. The number of carbonyl (C=O) groups is 2. The van der Waals surface area contributed by atoms with E-state index in [1.165, 1.54) is 5.56 Å². The first-order valence-electron chi connectivity index (χ1n) is 12.8. The number of nitrogens with zero attached hydrogens (tertiary/aromatic N) is 2. The van der Waals surface area contributed by atoms with Crippen molar-refractivity contribution in [3.8, 4) is 11.5 Å². The van der Waals surface area contributed by atoms with E-state index in [0.29, 0.717) is 18.0 Å². The summed E-state index contributed by atoms with van der Waals surface area (Å²) in [6, 6.07) is 25.8. The number of nitrogens with one attached hydrogen (secondary N) is 1. The van der Waals surface area contributed by atoms with Crippen molar-refractivity contribution in [3.63, 3.8) is 0 Å². The van der Waals surface area contributed by atoms with Crippen LogP contribution >= 0.6 is 11.3 Å². The molecule has 0 aliphatic heterocycles. The molecule has 2 heterocycles. The molecule has 0 aliphatic rings.